The van der Waals surface area contributed by atoms with Crippen LogP contribution < -0.4 is 9.47 Å². The average molecular weight is 467 g/mol. The Morgan fingerprint density at radius 1 is 1.11 bits per heavy atom. The number of carbonyl (C=O) groups is 1. The Kier molecular flexibility index (Phi) is 5.93. The van der Waals surface area contributed by atoms with Crippen molar-refractivity contribution in [1.29, 1.82) is 0 Å². The molecule has 5 nitrogen and oxygen atoms in total. The van der Waals surface area contributed by atoms with Crippen molar-refractivity contribution in [2.45, 2.75) is 32.1 Å². The number of H-pyrrole nitrogens is 1. The molecule has 1 aliphatic heterocycles. The summed E-state index contributed by atoms with van der Waals surface area (Å²) in [5, 5.41) is 2.35. The maximum atomic E-state index is 12.9. The lowest BCUT2D eigenvalue weighted by molar-refractivity contribution is -0.646. The van der Waals surface area contributed by atoms with Crippen molar-refractivity contribution in [3.05, 3.63) is 89.9 Å². The number of anilines is 1. The second-order valence-electron chi connectivity index (χ2n) is 9.47. The van der Waals surface area contributed by atoms with Gasteiger partial charge in [-0.05, 0) is 54.0 Å². The number of aromatic amines is 1. The lowest BCUT2D eigenvalue weighted by Crippen LogP contribution is -2.30. The Balaban J connectivity index is 1.59. The number of imidazole rings is 1. The highest BCUT2D eigenvalue weighted by atomic mass is 16.5. The minimum absolute atomic E-state index is 0.166. The van der Waals surface area contributed by atoms with Crippen LogP contribution in [0, 0.1) is 0 Å². The van der Waals surface area contributed by atoms with Gasteiger partial charge >= 0.3 is 5.97 Å². The number of para-hydroxylation sites is 2. The highest BCUT2D eigenvalue weighted by molar-refractivity contribution is 5.96. The molecule has 4 aromatic rings. The highest BCUT2D eigenvalue weighted by Crippen LogP contribution is 2.52. The van der Waals surface area contributed by atoms with Gasteiger partial charge in [-0.3, -0.25) is 4.79 Å². The number of fused-ring (bicyclic) bond motifs is 4. The fourth-order valence-electron chi connectivity index (χ4n) is 5.38. The summed E-state index contributed by atoms with van der Waals surface area (Å²) < 4.78 is 7.69. The summed E-state index contributed by atoms with van der Waals surface area (Å²) >= 11 is 0. The summed E-state index contributed by atoms with van der Waals surface area (Å²) in [4.78, 5) is 18.6. The first-order valence-electron chi connectivity index (χ1n) is 12.2. The zero-order chi connectivity index (χ0) is 24.6. The number of esters is 1. The number of rotatable bonds is 6. The van der Waals surface area contributed by atoms with Crippen molar-refractivity contribution in [3.8, 4) is 0 Å². The number of carbonyl (C=O) groups excluding carboxylic acids is 1. The molecule has 35 heavy (non-hydrogen) atoms. The van der Waals surface area contributed by atoms with E-state index in [0.717, 1.165) is 34.7 Å². The topological polar surface area (TPSA) is 49.2 Å². The smallest absolute Gasteiger partial charge is 0.307 e. The van der Waals surface area contributed by atoms with Gasteiger partial charge in [-0.25, -0.2) is 9.55 Å². The number of hydrogen-bond donors (Lipinski definition) is 1. The van der Waals surface area contributed by atoms with E-state index in [-0.39, 0.29) is 12.4 Å². The predicted octanol–water partition coefficient (Wildman–Crippen LogP) is 5.79. The molecule has 5 heteroatoms. The van der Waals surface area contributed by atoms with Crippen LogP contribution in [0.3, 0.4) is 0 Å². The van der Waals surface area contributed by atoms with Gasteiger partial charge in [0.25, 0.3) is 5.82 Å². The third kappa shape index (κ3) is 3.91. The van der Waals surface area contributed by atoms with Gasteiger partial charge in [0, 0.05) is 29.9 Å². The molecule has 5 rings (SSSR count). The maximum absolute atomic E-state index is 12.9. The van der Waals surface area contributed by atoms with Gasteiger partial charge in [0.15, 0.2) is 11.0 Å². The summed E-state index contributed by atoms with van der Waals surface area (Å²) in [6.07, 6.45) is 7.39. The molecule has 0 spiro atoms. The minimum Gasteiger partial charge on any atom is -0.466 e. The molecule has 1 N–H and O–H groups in total. The molecule has 0 bridgehead atoms. The van der Waals surface area contributed by atoms with Crippen molar-refractivity contribution in [2.24, 2.45) is 7.05 Å². The van der Waals surface area contributed by atoms with Crippen LogP contribution in [0.1, 0.15) is 38.1 Å². The Bertz CT molecular complexity index is 1480. The second-order valence-corrected chi connectivity index (χ2v) is 9.47. The molecule has 0 saturated heterocycles. The number of aryl methyl sites for hydroxylation is 1. The molecule has 1 aromatic heterocycles. The monoisotopic (exact) mass is 466 g/mol. The Morgan fingerprint density at radius 2 is 1.89 bits per heavy atom. The molecule has 1 unspecified atom stereocenters. The van der Waals surface area contributed by atoms with Crippen molar-refractivity contribution in [2.75, 3.05) is 18.6 Å². The second kappa shape index (κ2) is 9.06. The van der Waals surface area contributed by atoms with E-state index in [1.54, 1.807) is 0 Å². The zero-order valence-corrected chi connectivity index (χ0v) is 20.8. The summed E-state index contributed by atoms with van der Waals surface area (Å²) in [5.41, 5.74) is 5.13. The molecule has 0 aliphatic carbocycles. The highest BCUT2D eigenvalue weighted by Gasteiger charge is 2.45. The summed E-state index contributed by atoms with van der Waals surface area (Å²) in [7, 11) is 4.14. The third-order valence-electron chi connectivity index (χ3n) is 7.11. The normalized spacial score (nSPS) is 18.7. The van der Waals surface area contributed by atoms with E-state index in [9.17, 15) is 4.79 Å². The van der Waals surface area contributed by atoms with E-state index in [1.807, 2.05) is 19.1 Å². The molecule has 2 heterocycles. The number of aromatic nitrogens is 2. The number of hydrogen-bond acceptors (Lipinski definition) is 3. The van der Waals surface area contributed by atoms with Crippen LogP contribution in [0.25, 0.3) is 27.9 Å². The standard InChI is InChI=1S/C30H31N3O2/c1-5-19-35-28(34)20-30(2)26(15-10-16-27-31-23-13-8-9-14-24(23)33(27)4)32(3)25-18-17-21-11-6-7-12-22(21)29(25)30/h6-18H,5,19-20H2,1-4H3/p+1/b16-10+,26-15+. The minimum atomic E-state index is -0.511. The summed E-state index contributed by atoms with van der Waals surface area (Å²) in [5.74, 6) is 0.844. The Hall–Kier alpha value is -3.86. The Labute approximate surface area is 206 Å². The molecule has 178 valence electrons. The lowest BCUT2D eigenvalue weighted by atomic mass is 9.76. The van der Waals surface area contributed by atoms with Crippen molar-refractivity contribution >= 4 is 39.5 Å². The van der Waals surface area contributed by atoms with Gasteiger partial charge < -0.3 is 9.64 Å². The largest absolute Gasteiger partial charge is 0.466 e. The van der Waals surface area contributed by atoms with Gasteiger partial charge in [0.2, 0.25) is 0 Å². The van der Waals surface area contributed by atoms with E-state index >= 15 is 0 Å². The Morgan fingerprint density at radius 3 is 2.69 bits per heavy atom. The first-order valence-corrected chi connectivity index (χ1v) is 12.2. The van der Waals surface area contributed by atoms with Crippen LogP contribution in [0.4, 0.5) is 5.69 Å². The molecule has 1 atom stereocenters. The molecular weight excluding hydrogens is 434 g/mol. The van der Waals surface area contributed by atoms with Crippen LogP contribution >= 0.6 is 0 Å². The number of likely N-dealkylation sites (N-methyl/N-ethyl adjacent to an activating group) is 1. The van der Waals surface area contributed by atoms with Crippen LogP contribution in [0.15, 0.2) is 78.5 Å². The number of nitrogens with one attached hydrogen (secondary N) is 1. The van der Waals surface area contributed by atoms with Crippen LogP contribution in [-0.2, 0) is 22.0 Å². The lowest BCUT2D eigenvalue weighted by Gasteiger charge is -2.28. The number of ether oxygens (including phenoxy) is 1. The maximum Gasteiger partial charge on any atom is 0.307 e. The van der Waals surface area contributed by atoms with Gasteiger partial charge in [-0.15, -0.1) is 0 Å². The predicted molar refractivity (Wildman–Crippen MR) is 142 cm³/mol. The van der Waals surface area contributed by atoms with Crippen molar-refractivity contribution < 1.29 is 14.1 Å². The third-order valence-corrected chi connectivity index (χ3v) is 7.11. The fraction of sp³-hybridized carbons (Fsp3) is 0.267. The molecular formula is C30H32N3O2+. The van der Waals surface area contributed by atoms with E-state index in [2.05, 4.69) is 102 Å². The van der Waals surface area contributed by atoms with Crippen LogP contribution in [0.2, 0.25) is 0 Å². The van der Waals surface area contributed by atoms with E-state index < -0.39 is 5.41 Å². The van der Waals surface area contributed by atoms with Gasteiger partial charge in [0.05, 0.1) is 20.1 Å². The van der Waals surface area contributed by atoms with E-state index in [0.29, 0.717) is 6.61 Å². The molecule has 0 saturated carbocycles. The van der Waals surface area contributed by atoms with Crippen LogP contribution in [0.5, 0.6) is 0 Å². The van der Waals surface area contributed by atoms with E-state index in [1.165, 1.54) is 16.3 Å². The van der Waals surface area contributed by atoms with Crippen molar-refractivity contribution in [1.82, 2.24) is 4.98 Å². The number of allylic oxidation sites excluding steroid dienone is 3. The molecule has 1 aliphatic rings. The summed E-state index contributed by atoms with van der Waals surface area (Å²) in [6.45, 7) is 4.63. The molecule has 0 amide bonds. The first kappa shape index (κ1) is 22.9. The molecule has 0 radical (unpaired) electrons. The van der Waals surface area contributed by atoms with Crippen LogP contribution in [-0.4, -0.2) is 24.6 Å². The number of benzene rings is 3. The fourth-order valence-corrected chi connectivity index (χ4v) is 5.38. The van der Waals surface area contributed by atoms with Gasteiger partial charge in [-0.1, -0.05) is 55.5 Å². The average Bonchev–Trinajstić information content (AvgIpc) is 3.29. The first-order chi connectivity index (χ1) is 16.9. The van der Waals surface area contributed by atoms with Gasteiger partial charge in [0.1, 0.15) is 0 Å². The zero-order valence-electron chi connectivity index (χ0n) is 20.8. The van der Waals surface area contributed by atoms with Gasteiger partial charge in [-0.2, -0.15) is 0 Å². The molecule has 3 aromatic carbocycles. The number of nitrogens with zero attached hydrogens (tertiary/aromatic N) is 2. The quantitative estimate of drug-likeness (QED) is 0.289. The SMILES string of the molecule is CCCOC(=O)CC1(C)/C(=C\C=C\c2[nH]c3ccccc3[n+]2C)N(C)c2ccc3ccccc3c21. The van der Waals surface area contributed by atoms with Crippen molar-refractivity contribution in [3.63, 3.8) is 0 Å². The molecule has 0 fully saturated rings. The van der Waals surface area contributed by atoms with E-state index in [4.69, 9.17) is 4.74 Å². The summed E-state index contributed by atoms with van der Waals surface area (Å²) in [6, 6.07) is 21.0.